The number of aliphatic carboxylic acids is 1. The van der Waals surface area contributed by atoms with Crippen LogP contribution in [0.4, 0.5) is 5.69 Å². The molecule has 0 saturated heterocycles. The zero-order valence-electron chi connectivity index (χ0n) is 11.2. The number of nitrogens with one attached hydrogen (secondary N) is 1. The number of carboxylic acid groups (broad SMARTS) is 1. The van der Waals surface area contributed by atoms with E-state index in [2.05, 4.69) is 10.1 Å². The second-order valence-electron chi connectivity index (χ2n) is 4.02. The standard InChI is InChI=1S/C12H15NO7S/c1-2-21(18,19)8-3-4-10(14)9(5-8)13-11(15)6-20-7-12(16)17/h3-5,14H,2,6-7H2,1H3,(H,13,15)(H,16,17). The molecule has 21 heavy (non-hydrogen) atoms. The van der Waals surface area contributed by atoms with Gasteiger partial charge in [-0.3, -0.25) is 4.79 Å². The average Bonchev–Trinajstić information content (AvgIpc) is 2.40. The number of carbonyl (C=O) groups is 2. The van der Waals surface area contributed by atoms with Crippen molar-refractivity contribution in [2.24, 2.45) is 0 Å². The number of benzene rings is 1. The summed E-state index contributed by atoms with van der Waals surface area (Å²) < 4.78 is 28.0. The van der Waals surface area contributed by atoms with E-state index in [4.69, 9.17) is 5.11 Å². The van der Waals surface area contributed by atoms with Crippen LogP contribution >= 0.6 is 0 Å². The summed E-state index contributed by atoms with van der Waals surface area (Å²) in [6.07, 6.45) is 0. The summed E-state index contributed by atoms with van der Waals surface area (Å²) in [6.45, 7) is 0.306. The molecular formula is C12H15NO7S. The quantitative estimate of drug-likeness (QED) is 0.613. The maximum absolute atomic E-state index is 11.7. The highest BCUT2D eigenvalue weighted by molar-refractivity contribution is 7.91. The van der Waals surface area contributed by atoms with Gasteiger partial charge >= 0.3 is 5.97 Å². The molecule has 0 aliphatic carbocycles. The molecule has 0 aliphatic rings. The largest absolute Gasteiger partial charge is 0.506 e. The number of hydrogen-bond acceptors (Lipinski definition) is 6. The number of carboxylic acids is 1. The Balaban J connectivity index is 2.81. The second kappa shape index (κ2) is 7.04. The first-order valence-corrected chi connectivity index (χ1v) is 7.56. The molecule has 0 atom stereocenters. The van der Waals surface area contributed by atoms with Crippen molar-refractivity contribution in [3.05, 3.63) is 18.2 Å². The minimum atomic E-state index is -3.47. The molecule has 1 aromatic rings. The molecule has 0 heterocycles. The smallest absolute Gasteiger partial charge is 0.329 e. The number of aromatic hydroxyl groups is 1. The maximum atomic E-state index is 11.7. The first kappa shape index (κ1) is 16.9. The van der Waals surface area contributed by atoms with Gasteiger partial charge in [0.1, 0.15) is 19.0 Å². The van der Waals surface area contributed by atoms with Crippen LogP contribution in [0.25, 0.3) is 0 Å². The zero-order chi connectivity index (χ0) is 16.0. The Morgan fingerprint density at radius 2 is 1.95 bits per heavy atom. The van der Waals surface area contributed by atoms with Crippen LogP contribution in [0.2, 0.25) is 0 Å². The highest BCUT2D eigenvalue weighted by Gasteiger charge is 2.15. The lowest BCUT2D eigenvalue weighted by atomic mass is 10.3. The number of phenolic OH excluding ortho intramolecular Hbond substituents is 1. The molecule has 3 N–H and O–H groups in total. The molecule has 8 nitrogen and oxygen atoms in total. The summed E-state index contributed by atoms with van der Waals surface area (Å²) in [5.41, 5.74) is -0.0894. The molecule has 0 radical (unpaired) electrons. The van der Waals surface area contributed by atoms with Gasteiger partial charge in [-0.1, -0.05) is 6.92 Å². The van der Waals surface area contributed by atoms with Crippen LogP contribution in [0.5, 0.6) is 5.75 Å². The summed E-state index contributed by atoms with van der Waals surface area (Å²) in [7, 11) is -3.47. The Kier molecular flexibility index (Phi) is 5.68. The molecule has 0 saturated carbocycles. The molecule has 116 valence electrons. The van der Waals surface area contributed by atoms with Gasteiger partial charge in [0, 0.05) is 0 Å². The van der Waals surface area contributed by atoms with E-state index >= 15 is 0 Å². The van der Waals surface area contributed by atoms with Crippen molar-refractivity contribution in [3.8, 4) is 5.75 Å². The van der Waals surface area contributed by atoms with Gasteiger partial charge in [0.2, 0.25) is 5.91 Å². The van der Waals surface area contributed by atoms with Gasteiger partial charge in [0.25, 0.3) is 0 Å². The van der Waals surface area contributed by atoms with E-state index < -0.39 is 34.9 Å². The maximum Gasteiger partial charge on any atom is 0.329 e. The number of ether oxygens (including phenoxy) is 1. The highest BCUT2D eigenvalue weighted by atomic mass is 32.2. The molecule has 0 aromatic heterocycles. The van der Waals surface area contributed by atoms with Gasteiger partial charge < -0.3 is 20.3 Å². The molecule has 0 bridgehead atoms. The summed E-state index contributed by atoms with van der Waals surface area (Å²) >= 11 is 0. The first-order chi connectivity index (χ1) is 9.76. The van der Waals surface area contributed by atoms with Gasteiger partial charge in [-0.05, 0) is 18.2 Å². The van der Waals surface area contributed by atoms with Crippen molar-refractivity contribution in [1.82, 2.24) is 0 Å². The Morgan fingerprint density at radius 1 is 1.29 bits per heavy atom. The number of hydrogen-bond donors (Lipinski definition) is 3. The predicted octanol–water partition coefficient (Wildman–Crippen LogP) is 0.225. The fraction of sp³-hybridized carbons (Fsp3) is 0.333. The molecule has 0 unspecified atom stereocenters. The topological polar surface area (TPSA) is 130 Å². The first-order valence-electron chi connectivity index (χ1n) is 5.91. The Bertz CT molecular complexity index is 639. The van der Waals surface area contributed by atoms with Crippen molar-refractivity contribution in [2.75, 3.05) is 24.3 Å². The van der Waals surface area contributed by atoms with E-state index in [1.54, 1.807) is 0 Å². The normalized spacial score (nSPS) is 11.1. The summed E-state index contributed by atoms with van der Waals surface area (Å²) in [6, 6.07) is 3.50. The number of amides is 1. The van der Waals surface area contributed by atoms with Crippen LogP contribution < -0.4 is 5.32 Å². The zero-order valence-corrected chi connectivity index (χ0v) is 12.0. The SMILES string of the molecule is CCS(=O)(=O)c1ccc(O)c(NC(=O)COCC(=O)O)c1. The van der Waals surface area contributed by atoms with E-state index in [0.29, 0.717) is 0 Å². The third-order valence-corrected chi connectivity index (χ3v) is 4.17. The van der Waals surface area contributed by atoms with E-state index in [1.165, 1.54) is 13.0 Å². The molecular weight excluding hydrogens is 302 g/mol. The fourth-order valence-electron chi connectivity index (χ4n) is 1.39. The van der Waals surface area contributed by atoms with Crippen LogP contribution in [0.15, 0.2) is 23.1 Å². The molecule has 0 spiro atoms. The lowest BCUT2D eigenvalue weighted by Crippen LogP contribution is -2.21. The minimum Gasteiger partial charge on any atom is -0.506 e. The Morgan fingerprint density at radius 3 is 2.52 bits per heavy atom. The number of anilines is 1. The highest BCUT2D eigenvalue weighted by Crippen LogP contribution is 2.26. The third kappa shape index (κ3) is 5.04. The number of rotatable bonds is 7. The van der Waals surface area contributed by atoms with E-state index in [1.807, 2.05) is 0 Å². The number of sulfone groups is 1. The monoisotopic (exact) mass is 317 g/mol. The molecule has 1 amide bonds. The third-order valence-electron chi connectivity index (χ3n) is 2.44. The lowest BCUT2D eigenvalue weighted by molar-refractivity contribution is -0.143. The van der Waals surface area contributed by atoms with Crippen LogP contribution in [0.3, 0.4) is 0 Å². The summed E-state index contributed by atoms with van der Waals surface area (Å²) in [4.78, 5) is 21.7. The van der Waals surface area contributed by atoms with Crippen molar-refractivity contribution >= 4 is 27.4 Å². The van der Waals surface area contributed by atoms with Crippen LogP contribution in [0.1, 0.15) is 6.92 Å². The van der Waals surface area contributed by atoms with Crippen molar-refractivity contribution < 1.29 is 33.0 Å². The van der Waals surface area contributed by atoms with Gasteiger partial charge in [-0.15, -0.1) is 0 Å². The van der Waals surface area contributed by atoms with Gasteiger partial charge in [-0.2, -0.15) is 0 Å². The van der Waals surface area contributed by atoms with Crippen LogP contribution in [0, 0.1) is 0 Å². The van der Waals surface area contributed by atoms with Crippen LogP contribution in [-0.4, -0.2) is 49.5 Å². The summed E-state index contributed by atoms with van der Waals surface area (Å²) in [5.74, 6) is -2.36. The van der Waals surface area contributed by atoms with Gasteiger partial charge in [-0.25, -0.2) is 13.2 Å². The minimum absolute atomic E-state index is 0.0374. The number of carbonyl (C=O) groups excluding carboxylic acids is 1. The lowest BCUT2D eigenvalue weighted by Gasteiger charge is -2.09. The molecule has 0 aliphatic heterocycles. The fourth-order valence-corrected chi connectivity index (χ4v) is 2.30. The molecule has 0 fully saturated rings. The Hall–Kier alpha value is -2.13. The molecule has 1 rings (SSSR count). The summed E-state index contributed by atoms with van der Waals surface area (Å²) in [5, 5.41) is 20.2. The van der Waals surface area contributed by atoms with Crippen molar-refractivity contribution in [2.45, 2.75) is 11.8 Å². The van der Waals surface area contributed by atoms with Gasteiger partial charge in [0.15, 0.2) is 9.84 Å². The van der Waals surface area contributed by atoms with Gasteiger partial charge in [0.05, 0.1) is 16.3 Å². The van der Waals surface area contributed by atoms with Crippen molar-refractivity contribution in [3.63, 3.8) is 0 Å². The second-order valence-corrected chi connectivity index (χ2v) is 6.30. The predicted molar refractivity (Wildman–Crippen MR) is 72.9 cm³/mol. The van der Waals surface area contributed by atoms with Crippen LogP contribution in [-0.2, 0) is 24.2 Å². The molecule has 1 aromatic carbocycles. The van der Waals surface area contributed by atoms with E-state index in [-0.39, 0.29) is 22.1 Å². The van der Waals surface area contributed by atoms with E-state index in [0.717, 1.165) is 12.1 Å². The Labute approximate surface area is 121 Å². The number of phenols is 1. The molecule has 9 heteroatoms. The van der Waals surface area contributed by atoms with E-state index in [9.17, 15) is 23.1 Å². The average molecular weight is 317 g/mol. The van der Waals surface area contributed by atoms with Crippen molar-refractivity contribution in [1.29, 1.82) is 0 Å².